The lowest BCUT2D eigenvalue weighted by Gasteiger charge is -2.11. The fourth-order valence-corrected chi connectivity index (χ4v) is 3.08. The fourth-order valence-electron chi connectivity index (χ4n) is 2.56. The Morgan fingerprint density at radius 1 is 1.00 bits per heavy atom. The van der Waals surface area contributed by atoms with Gasteiger partial charge in [0, 0.05) is 22.4 Å². The summed E-state index contributed by atoms with van der Waals surface area (Å²) in [6.07, 6.45) is 0. The molecule has 3 rings (SSSR count). The van der Waals surface area contributed by atoms with Crippen LogP contribution in [0, 0.1) is 0 Å². The lowest BCUT2D eigenvalue weighted by molar-refractivity contribution is -0.118. The van der Waals surface area contributed by atoms with E-state index < -0.39 is 0 Å². The van der Waals surface area contributed by atoms with Crippen LogP contribution in [0.5, 0.6) is 11.5 Å². The summed E-state index contributed by atoms with van der Waals surface area (Å²) in [5, 5.41) is 6.54. The van der Waals surface area contributed by atoms with Crippen molar-refractivity contribution in [3.63, 3.8) is 0 Å². The van der Waals surface area contributed by atoms with Gasteiger partial charge in [-0.1, -0.05) is 33.6 Å². The molecule has 0 atom stereocenters. The number of nitrogens with one attached hydrogen (secondary N) is 2. The molecular formula is C22H20BrClN2O3. The van der Waals surface area contributed by atoms with E-state index in [2.05, 4.69) is 26.6 Å². The first-order chi connectivity index (χ1) is 14.0. The number of rotatable bonds is 8. The molecule has 1 amide bonds. The third kappa shape index (κ3) is 6.41. The number of carbonyl (C=O) groups is 1. The summed E-state index contributed by atoms with van der Waals surface area (Å²) in [4.78, 5) is 12.1. The number of anilines is 2. The molecule has 0 saturated heterocycles. The predicted octanol–water partition coefficient (Wildman–Crippen LogP) is 5.74. The van der Waals surface area contributed by atoms with Crippen molar-refractivity contribution in [1.82, 2.24) is 0 Å². The highest BCUT2D eigenvalue weighted by atomic mass is 79.9. The molecule has 3 aromatic carbocycles. The maximum Gasteiger partial charge on any atom is 0.262 e. The molecule has 150 valence electrons. The van der Waals surface area contributed by atoms with E-state index in [4.69, 9.17) is 21.1 Å². The SMILES string of the molecule is COc1ccc(NC(=O)COc2ccc(CNc3ccc(Br)cc3)cc2Cl)cc1. The Hall–Kier alpha value is -2.70. The lowest BCUT2D eigenvalue weighted by Crippen LogP contribution is -2.20. The average Bonchev–Trinajstić information content (AvgIpc) is 2.73. The molecule has 0 aliphatic heterocycles. The van der Waals surface area contributed by atoms with Gasteiger partial charge in [-0.05, 0) is 66.2 Å². The van der Waals surface area contributed by atoms with Gasteiger partial charge >= 0.3 is 0 Å². The quantitative estimate of drug-likeness (QED) is 0.436. The molecule has 0 aliphatic rings. The average molecular weight is 476 g/mol. The van der Waals surface area contributed by atoms with Crippen LogP contribution in [0.4, 0.5) is 11.4 Å². The second-order valence-corrected chi connectivity index (χ2v) is 7.51. The molecule has 0 bridgehead atoms. The van der Waals surface area contributed by atoms with Gasteiger partial charge in [-0.25, -0.2) is 0 Å². The summed E-state index contributed by atoms with van der Waals surface area (Å²) in [6, 6.07) is 20.5. The van der Waals surface area contributed by atoms with E-state index in [0.29, 0.717) is 23.0 Å². The zero-order valence-electron chi connectivity index (χ0n) is 15.7. The van der Waals surface area contributed by atoms with Crippen LogP contribution in [0.3, 0.4) is 0 Å². The van der Waals surface area contributed by atoms with Crippen LogP contribution >= 0.6 is 27.5 Å². The largest absolute Gasteiger partial charge is 0.497 e. The van der Waals surface area contributed by atoms with Gasteiger partial charge in [-0.3, -0.25) is 4.79 Å². The second kappa shape index (κ2) is 10.2. The molecular weight excluding hydrogens is 456 g/mol. The van der Waals surface area contributed by atoms with Crippen LogP contribution in [-0.2, 0) is 11.3 Å². The van der Waals surface area contributed by atoms with Gasteiger partial charge in [0.05, 0.1) is 12.1 Å². The molecule has 7 heteroatoms. The van der Waals surface area contributed by atoms with Crippen LogP contribution in [0.2, 0.25) is 5.02 Å². The van der Waals surface area contributed by atoms with E-state index in [9.17, 15) is 4.79 Å². The van der Waals surface area contributed by atoms with Gasteiger partial charge < -0.3 is 20.1 Å². The van der Waals surface area contributed by atoms with E-state index in [0.717, 1.165) is 21.5 Å². The van der Waals surface area contributed by atoms with E-state index >= 15 is 0 Å². The fraction of sp³-hybridized carbons (Fsp3) is 0.136. The Balaban J connectivity index is 1.50. The number of halogens is 2. The highest BCUT2D eigenvalue weighted by Crippen LogP contribution is 2.26. The standard InChI is InChI=1S/C22H20BrClN2O3/c1-28-19-9-7-18(8-10-19)26-22(27)14-29-21-11-2-15(12-20(21)24)13-25-17-5-3-16(23)4-6-17/h2-12,25H,13-14H2,1H3,(H,26,27). The molecule has 0 radical (unpaired) electrons. The molecule has 0 aromatic heterocycles. The summed E-state index contributed by atoms with van der Waals surface area (Å²) < 4.78 is 11.7. The van der Waals surface area contributed by atoms with E-state index in [1.807, 2.05) is 36.4 Å². The van der Waals surface area contributed by atoms with Gasteiger partial charge in [0.1, 0.15) is 11.5 Å². The molecule has 0 unspecified atom stereocenters. The summed E-state index contributed by atoms with van der Waals surface area (Å²) >= 11 is 9.72. The number of hydrogen-bond donors (Lipinski definition) is 2. The maximum absolute atomic E-state index is 12.1. The molecule has 0 aliphatic carbocycles. The van der Waals surface area contributed by atoms with Gasteiger partial charge in [0.2, 0.25) is 0 Å². The molecule has 0 spiro atoms. The van der Waals surface area contributed by atoms with E-state index in [1.165, 1.54) is 0 Å². The monoisotopic (exact) mass is 474 g/mol. The normalized spacial score (nSPS) is 10.3. The Bertz CT molecular complexity index is 963. The number of benzene rings is 3. The number of hydrogen-bond acceptors (Lipinski definition) is 4. The van der Waals surface area contributed by atoms with Crippen LogP contribution in [0.25, 0.3) is 0 Å². The van der Waals surface area contributed by atoms with Gasteiger partial charge in [-0.15, -0.1) is 0 Å². The summed E-state index contributed by atoms with van der Waals surface area (Å²) in [7, 11) is 1.59. The first-order valence-electron chi connectivity index (χ1n) is 8.88. The molecule has 3 aromatic rings. The molecule has 0 saturated carbocycles. The third-order valence-corrected chi connectivity index (χ3v) is 4.89. The number of amides is 1. The minimum Gasteiger partial charge on any atom is -0.497 e. The highest BCUT2D eigenvalue weighted by molar-refractivity contribution is 9.10. The third-order valence-electron chi connectivity index (χ3n) is 4.07. The molecule has 2 N–H and O–H groups in total. The van der Waals surface area contributed by atoms with Crippen LogP contribution in [-0.4, -0.2) is 19.6 Å². The molecule has 0 heterocycles. The first-order valence-corrected chi connectivity index (χ1v) is 10.0. The topological polar surface area (TPSA) is 59.6 Å². The van der Waals surface area contributed by atoms with Gasteiger partial charge in [0.25, 0.3) is 5.91 Å². The van der Waals surface area contributed by atoms with Crippen molar-refractivity contribution in [2.75, 3.05) is 24.4 Å². The predicted molar refractivity (Wildman–Crippen MR) is 120 cm³/mol. The Morgan fingerprint density at radius 3 is 2.34 bits per heavy atom. The maximum atomic E-state index is 12.1. The van der Waals surface area contributed by atoms with Crippen molar-refractivity contribution in [1.29, 1.82) is 0 Å². The van der Waals surface area contributed by atoms with Crippen molar-refractivity contribution >= 4 is 44.8 Å². The van der Waals surface area contributed by atoms with Gasteiger partial charge in [-0.2, -0.15) is 0 Å². The number of methoxy groups -OCH3 is 1. The first kappa shape index (κ1) is 21.0. The van der Waals surface area contributed by atoms with Crippen LogP contribution < -0.4 is 20.1 Å². The van der Waals surface area contributed by atoms with Crippen molar-refractivity contribution in [3.05, 3.63) is 81.8 Å². The van der Waals surface area contributed by atoms with Crippen molar-refractivity contribution in [3.8, 4) is 11.5 Å². The van der Waals surface area contributed by atoms with Crippen LogP contribution in [0.15, 0.2) is 71.2 Å². The van der Waals surface area contributed by atoms with Crippen molar-refractivity contribution in [2.45, 2.75) is 6.54 Å². The molecule has 0 fully saturated rings. The number of carbonyl (C=O) groups excluding carboxylic acids is 1. The highest BCUT2D eigenvalue weighted by Gasteiger charge is 2.08. The minimum absolute atomic E-state index is 0.137. The second-order valence-electron chi connectivity index (χ2n) is 6.19. The summed E-state index contributed by atoms with van der Waals surface area (Å²) in [5.41, 5.74) is 2.69. The summed E-state index contributed by atoms with van der Waals surface area (Å²) in [5.74, 6) is 0.914. The Morgan fingerprint density at radius 2 is 1.69 bits per heavy atom. The smallest absolute Gasteiger partial charge is 0.262 e. The van der Waals surface area contributed by atoms with Crippen LogP contribution in [0.1, 0.15) is 5.56 Å². The zero-order chi connectivity index (χ0) is 20.6. The number of ether oxygens (including phenoxy) is 2. The van der Waals surface area contributed by atoms with Crippen molar-refractivity contribution in [2.24, 2.45) is 0 Å². The Labute approximate surface area is 183 Å². The van der Waals surface area contributed by atoms with E-state index in [-0.39, 0.29) is 12.5 Å². The summed E-state index contributed by atoms with van der Waals surface area (Å²) in [6.45, 7) is 0.488. The lowest BCUT2D eigenvalue weighted by atomic mass is 10.2. The zero-order valence-corrected chi connectivity index (χ0v) is 18.1. The van der Waals surface area contributed by atoms with Crippen molar-refractivity contribution < 1.29 is 14.3 Å². The minimum atomic E-state index is -0.271. The molecule has 29 heavy (non-hydrogen) atoms. The van der Waals surface area contributed by atoms with Gasteiger partial charge in [0.15, 0.2) is 6.61 Å². The Kier molecular flexibility index (Phi) is 7.38. The molecule has 5 nitrogen and oxygen atoms in total. The van der Waals surface area contributed by atoms with E-state index in [1.54, 1.807) is 37.4 Å².